The van der Waals surface area contributed by atoms with Gasteiger partial charge in [-0.25, -0.2) is 9.78 Å². The predicted molar refractivity (Wildman–Crippen MR) is 106 cm³/mol. The lowest BCUT2D eigenvalue weighted by Crippen LogP contribution is -2.37. The highest BCUT2D eigenvalue weighted by Crippen LogP contribution is 2.33. The monoisotopic (exact) mass is 374 g/mol. The van der Waals surface area contributed by atoms with Crippen molar-refractivity contribution in [1.82, 2.24) is 19.1 Å². The molecule has 0 atom stereocenters. The van der Waals surface area contributed by atoms with Crippen LogP contribution in [0.1, 0.15) is 0 Å². The summed E-state index contributed by atoms with van der Waals surface area (Å²) in [6, 6.07) is 19.0. The Morgan fingerprint density at radius 1 is 0.857 bits per heavy atom. The van der Waals surface area contributed by atoms with E-state index in [9.17, 15) is 14.7 Å². The minimum Gasteiger partial charge on any atom is -0.395 e. The first-order valence-electron chi connectivity index (χ1n) is 8.85. The minimum absolute atomic E-state index is 0.0917. The Balaban J connectivity index is 2.21. The van der Waals surface area contributed by atoms with Gasteiger partial charge in [0.1, 0.15) is 0 Å². The molecule has 7 nitrogen and oxygen atoms in total. The summed E-state index contributed by atoms with van der Waals surface area (Å²) in [5.74, 6) is 0.167. The van der Waals surface area contributed by atoms with E-state index >= 15 is 0 Å². The second-order valence-electron chi connectivity index (χ2n) is 6.35. The largest absolute Gasteiger partial charge is 0.395 e. The number of rotatable bonds is 4. The van der Waals surface area contributed by atoms with Crippen LogP contribution in [-0.2, 0) is 13.6 Å². The first-order chi connectivity index (χ1) is 13.6. The number of aliphatic hydroxyl groups is 1. The smallest absolute Gasteiger partial charge is 0.352 e. The van der Waals surface area contributed by atoms with Crippen molar-refractivity contribution in [3.63, 3.8) is 0 Å². The zero-order chi connectivity index (χ0) is 19.7. The lowest BCUT2D eigenvalue weighted by molar-refractivity contribution is 0.276. The number of hydrogen-bond acceptors (Lipinski definition) is 5. The molecule has 1 N–H and O–H groups in total. The second-order valence-corrected chi connectivity index (χ2v) is 6.35. The Morgan fingerprint density at radius 3 is 2.07 bits per heavy atom. The molecule has 2 aliphatic rings. The maximum atomic E-state index is 12.7. The molecule has 0 saturated heterocycles. The van der Waals surface area contributed by atoms with Crippen LogP contribution >= 0.6 is 0 Å². The number of benzene rings is 2. The van der Waals surface area contributed by atoms with Crippen LogP contribution in [0, 0.1) is 0 Å². The maximum absolute atomic E-state index is 12.7. The molecule has 28 heavy (non-hydrogen) atoms. The van der Waals surface area contributed by atoms with Crippen molar-refractivity contribution in [2.24, 2.45) is 7.05 Å². The Morgan fingerprint density at radius 2 is 1.46 bits per heavy atom. The van der Waals surface area contributed by atoms with Crippen LogP contribution in [0.2, 0.25) is 0 Å². The molecule has 2 heterocycles. The van der Waals surface area contributed by atoms with Crippen LogP contribution in [0.5, 0.6) is 0 Å². The number of fused-ring (bicyclic) bond motifs is 1. The van der Waals surface area contributed by atoms with Gasteiger partial charge in [0.2, 0.25) is 0 Å². The van der Waals surface area contributed by atoms with E-state index in [0.717, 1.165) is 15.7 Å². The Hall–Kier alpha value is -3.58. The first-order valence-corrected chi connectivity index (χ1v) is 8.85. The average molecular weight is 374 g/mol. The zero-order valence-electron chi connectivity index (χ0n) is 15.2. The molecular weight excluding hydrogens is 356 g/mol. The highest BCUT2D eigenvalue weighted by molar-refractivity contribution is 5.81. The van der Waals surface area contributed by atoms with Gasteiger partial charge in [0.25, 0.3) is 5.56 Å². The third-order valence-electron chi connectivity index (χ3n) is 4.60. The highest BCUT2D eigenvalue weighted by atomic mass is 16.3. The van der Waals surface area contributed by atoms with Crippen molar-refractivity contribution in [2.45, 2.75) is 6.54 Å². The Labute approximate surface area is 160 Å². The van der Waals surface area contributed by atoms with Crippen LogP contribution in [0.4, 0.5) is 0 Å². The number of nitrogens with zero attached hydrogens (tertiary/aromatic N) is 4. The van der Waals surface area contributed by atoms with Crippen LogP contribution in [0.3, 0.4) is 0 Å². The van der Waals surface area contributed by atoms with Crippen LogP contribution in [0.15, 0.2) is 70.3 Å². The summed E-state index contributed by atoms with van der Waals surface area (Å²) >= 11 is 0. The number of aromatic nitrogens is 4. The zero-order valence-corrected chi connectivity index (χ0v) is 15.2. The van der Waals surface area contributed by atoms with Gasteiger partial charge >= 0.3 is 5.69 Å². The van der Waals surface area contributed by atoms with E-state index in [-0.39, 0.29) is 24.7 Å². The SMILES string of the molecule is Cn1c(=O)nc2n(CCO)c(-c3ccccc3)c(-c3ccccc3)nc-2c1=O. The third kappa shape index (κ3) is 2.91. The maximum Gasteiger partial charge on any atom is 0.352 e. The lowest BCUT2D eigenvalue weighted by atomic mass is 10.0. The van der Waals surface area contributed by atoms with Gasteiger partial charge < -0.3 is 9.67 Å². The molecule has 2 aliphatic heterocycles. The van der Waals surface area contributed by atoms with Crippen molar-refractivity contribution >= 4 is 0 Å². The molecule has 0 amide bonds. The predicted octanol–water partition coefficient (Wildman–Crippen LogP) is 1.77. The number of aliphatic hydroxyl groups excluding tert-OH is 1. The van der Waals surface area contributed by atoms with Crippen LogP contribution in [0.25, 0.3) is 34.0 Å². The number of hydrogen-bond donors (Lipinski definition) is 1. The summed E-state index contributed by atoms with van der Waals surface area (Å²) < 4.78 is 2.64. The van der Waals surface area contributed by atoms with Gasteiger partial charge in [-0.3, -0.25) is 9.36 Å². The van der Waals surface area contributed by atoms with Crippen molar-refractivity contribution in [3.05, 3.63) is 81.5 Å². The van der Waals surface area contributed by atoms with Gasteiger partial charge in [-0.15, -0.1) is 0 Å². The molecule has 0 aliphatic carbocycles. The summed E-state index contributed by atoms with van der Waals surface area (Å²) in [7, 11) is 1.38. The van der Waals surface area contributed by atoms with E-state index in [1.807, 2.05) is 60.7 Å². The minimum atomic E-state index is -0.655. The Kier molecular flexibility index (Phi) is 4.58. The summed E-state index contributed by atoms with van der Waals surface area (Å²) in [6.45, 7) is -0.00832. The normalized spacial score (nSPS) is 11.1. The molecule has 2 aromatic carbocycles. The molecule has 140 valence electrons. The van der Waals surface area contributed by atoms with E-state index in [1.54, 1.807) is 4.57 Å². The molecular formula is C21H18N4O3. The first kappa shape index (κ1) is 17.8. The van der Waals surface area contributed by atoms with Crippen molar-refractivity contribution < 1.29 is 5.11 Å². The molecule has 0 saturated carbocycles. The molecule has 0 radical (unpaired) electrons. The highest BCUT2D eigenvalue weighted by Gasteiger charge is 2.24. The molecule has 4 rings (SSSR count). The standard InChI is InChI=1S/C21H18N4O3/c1-24-20(27)17-19(23-21(24)28)25(12-13-26)18(15-10-6-3-7-11-15)16(22-17)14-8-4-2-5-9-14/h2-11,26H,12-13H2,1H3. The van der Waals surface area contributed by atoms with E-state index < -0.39 is 11.2 Å². The third-order valence-corrected chi connectivity index (χ3v) is 4.60. The Bertz CT molecular complexity index is 1210. The van der Waals surface area contributed by atoms with Gasteiger partial charge in [0, 0.05) is 24.7 Å². The second kappa shape index (κ2) is 7.21. The van der Waals surface area contributed by atoms with E-state index in [4.69, 9.17) is 0 Å². The fraction of sp³-hybridized carbons (Fsp3) is 0.143. The summed E-state index contributed by atoms with van der Waals surface area (Å²) in [5, 5.41) is 9.67. The van der Waals surface area contributed by atoms with Gasteiger partial charge in [-0.1, -0.05) is 60.7 Å². The van der Waals surface area contributed by atoms with Crippen molar-refractivity contribution in [1.29, 1.82) is 0 Å². The van der Waals surface area contributed by atoms with Crippen LogP contribution < -0.4 is 11.2 Å². The average Bonchev–Trinajstić information content (AvgIpc) is 2.74. The summed E-state index contributed by atoms with van der Waals surface area (Å²) in [6.07, 6.45) is 0. The molecule has 0 fully saturated rings. The van der Waals surface area contributed by atoms with Gasteiger partial charge in [-0.2, -0.15) is 4.98 Å². The van der Waals surface area contributed by atoms with E-state index in [2.05, 4.69) is 9.97 Å². The van der Waals surface area contributed by atoms with Gasteiger partial charge in [0.15, 0.2) is 11.5 Å². The van der Waals surface area contributed by atoms with Crippen molar-refractivity contribution in [3.8, 4) is 34.0 Å². The fourth-order valence-corrected chi connectivity index (χ4v) is 3.25. The molecule has 7 heteroatoms. The summed E-state index contributed by atoms with van der Waals surface area (Å²) in [4.78, 5) is 33.6. The molecule has 2 aromatic rings. The summed E-state index contributed by atoms with van der Waals surface area (Å²) in [5.41, 5.74) is 1.87. The topological polar surface area (TPSA) is 90.0 Å². The molecule has 0 bridgehead atoms. The molecule has 0 spiro atoms. The fourth-order valence-electron chi connectivity index (χ4n) is 3.25. The van der Waals surface area contributed by atoms with E-state index in [1.165, 1.54) is 7.05 Å². The van der Waals surface area contributed by atoms with Gasteiger partial charge in [-0.05, 0) is 0 Å². The molecule has 0 aromatic heterocycles. The van der Waals surface area contributed by atoms with Crippen LogP contribution in [-0.4, -0.2) is 30.8 Å². The van der Waals surface area contributed by atoms with Crippen molar-refractivity contribution in [2.75, 3.05) is 6.61 Å². The van der Waals surface area contributed by atoms with E-state index in [0.29, 0.717) is 11.4 Å². The lowest BCUT2D eigenvalue weighted by Gasteiger charge is -2.22. The molecule has 0 unspecified atom stereocenters. The quantitative estimate of drug-likeness (QED) is 0.588. The van der Waals surface area contributed by atoms with Gasteiger partial charge in [0.05, 0.1) is 18.0 Å².